The highest BCUT2D eigenvalue weighted by Gasteiger charge is 2.12. The Morgan fingerprint density at radius 2 is 2.15 bits per heavy atom. The molecule has 2 rings (SSSR count). The molecule has 0 aliphatic carbocycles. The molecule has 0 aliphatic rings. The van der Waals surface area contributed by atoms with Crippen LogP contribution in [0.1, 0.15) is 22.8 Å². The summed E-state index contributed by atoms with van der Waals surface area (Å²) in [5.41, 5.74) is 3.52. The van der Waals surface area contributed by atoms with E-state index in [1.54, 1.807) is 7.11 Å². The van der Waals surface area contributed by atoms with Gasteiger partial charge in [0.15, 0.2) is 0 Å². The third kappa shape index (κ3) is 3.26. The molecule has 0 aliphatic heterocycles. The first-order valence-electron chi connectivity index (χ1n) is 6.82. The number of nitrogens with zero attached hydrogens (tertiary/aromatic N) is 4. The molecular formula is C14H23N5O. The predicted octanol–water partition coefficient (Wildman–Crippen LogP) is 1.02. The van der Waals surface area contributed by atoms with E-state index >= 15 is 0 Å². The molecule has 0 atom stereocenters. The summed E-state index contributed by atoms with van der Waals surface area (Å²) < 4.78 is 9.07. The first-order chi connectivity index (χ1) is 9.63. The van der Waals surface area contributed by atoms with Crippen LogP contribution in [0, 0.1) is 13.8 Å². The van der Waals surface area contributed by atoms with Gasteiger partial charge in [0.05, 0.1) is 18.8 Å². The van der Waals surface area contributed by atoms with Gasteiger partial charge in [0, 0.05) is 50.9 Å². The van der Waals surface area contributed by atoms with E-state index in [0.29, 0.717) is 6.54 Å². The van der Waals surface area contributed by atoms with E-state index in [9.17, 15) is 0 Å². The summed E-state index contributed by atoms with van der Waals surface area (Å²) >= 11 is 0. The van der Waals surface area contributed by atoms with Crippen LogP contribution in [0.15, 0.2) is 12.4 Å². The van der Waals surface area contributed by atoms with Gasteiger partial charge in [-0.25, -0.2) is 4.98 Å². The number of hydrogen-bond donors (Lipinski definition) is 1. The minimum Gasteiger partial charge on any atom is -0.383 e. The number of nitrogens with one attached hydrogen (secondary N) is 1. The van der Waals surface area contributed by atoms with Crippen molar-refractivity contribution in [1.82, 2.24) is 24.6 Å². The van der Waals surface area contributed by atoms with E-state index in [1.165, 1.54) is 11.3 Å². The largest absolute Gasteiger partial charge is 0.383 e. The summed E-state index contributed by atoms with van der Waals surface area (Å²) in [5, 5.41) is 7.99. The molecule has 2 aromatic rings. The summed E-state index contributed by atoms with van der Waals surface area (Å²) in [5.74, 6) is 1.01. The summed E-state index contributed by atoms with van der Waals surface area (Å²) in [4.78, 5) is 4.35. The van der Waals surface area contributed by atoms with Gasteiger partial charge in [-0.3, -0.25) is 4.68 Å². The highest BCUT2D eigenvalue weighted by molar-refractivity contribution is 5.24. The van der Waals surface area contributed by atoms with Gasteiger partial charge in [0.25, 0.3) is 0 Å². The second-order valence-electron chi connectivity index (χ2n) is 4.93. The first kappa shape index (κ1) is 14.7. The Morgan fingerprint density at radius 3 is 2.80 bits per heavy atom. The zero-order valence-corrected chi connectivity index (χ0v) is 12.7. The second-order valence-corrected chi connectivity index (χ2v) is 4.93. The normalized spacial score (nSPS) is 11.2. The molecule has 0 unspecified atom stereocenters. The lowest BCUT2D eigenvalue weighted by Crippen LogP contribution is -2.19. The molecule has 20 heavy (non-hydrogen) atoms. The number of aromatic nitrogens is 4. The minimum absolute atomic E-state index is 0.703. The van der Waals surface area contributed by atoms with Crippen LogP contribution >= 0.6 is 0 Å². The Bertz CT molecular complexity index is 558. The molecule has 0 saturated carbocycles. The van der Waals surface area contributed by atoms with E-state index < -0.39 is 0 Å². The predicted molar refractivity (Wildman–Crippen MR) is 77.6 cm³/mol. The maximum absolute atomic E-state index is 5.03. The van der Waals surface area contributed by atoms with Gasteiger partial charge in [-0.15, -0.1) is 0 Å². The third-order valence-corrected chi connectivity index (χ3v) is 3.53. The zero-order valence-electron chi connectivity index (χ0n) is 12.7. The fourth-order valence-electron chi connectivity index (χ4n) is 2.21. The fraction of sp³-hybridized carbons (Fsp3) is 0.571. The van der Waals surface area contributed by atoms with Crippen LogP contribution in [0.2, 0.25) is 0 Å². The minimum atomic E-state index is 0.703. The monoisotopic (exact) mass is 277 g/mol. The summed E-state index contributed by atoms with van der Waals surface area (Å²) in [6, 6.07) is 0. The molecule has 0 bridgehead atoms. The van der Waals surface area contributed by atoms with Crippen LogP contribution in [0.5, 0.6) is 0 Å². The van der Waals surface area contributed by atoms with E-state index in [0.717, 1.165) is 31.2 Å². The van der Waals surface area contributed by atoms with Crippen molar-refractivity contribution >= 4 is 0 Å². The zero-order chi connectivity index (χ0) is 14.5. The molecule has 110 valence electrons. The van der Waals surface area contributed by atoms with Crippen molar-refractivity contribution in [2.75, 3.05) is 20.3 Å². The van der Waals surface area contributed by atoms with Gasteiger partial charge in [0.2, 0.25) is 0 Å². The average Bonchev–Trinajstić information content (AvgIpc) is 2.93. The molecule has 1 N–H and O–H groups in total. The molecule has 0 amide bonds. The first-order valence-corrected chi connectivity index (χ1v) is 6.82. The van der Waals surface area contributed by atoms with Gasteiger partial charge in [-0.05, 0) is 13.8 Å². The summed E-state index contributed by atoms with van der Waals surface area (Å²) in [6.45, 7) is 7.25. The number of methoxy groups -OCH3 is 1. The standard InChI is InChI=1S/C14H23N5O/c1-11-13(9-15-6-8-20-4)12(2)19(17-11)10-14-16-5-7-18(14)3/h5,7,15H,6,8-10H2,1-4H3. The molecule has 0 saturated heterocycles. The Kier molecular flexibility index (Phi) is 4.92. The van der Waals surface area contributed by atoms with Crippen molar-refractivity contribution in [2.45, 2.75) is 26.9 Å². The van der Waals surface area contributed by atoms with Crippen LogP contribution in [-0.2, 0) is 24.9 Å². The molecule has 0 spiro atoms. The van der Waals surface area contributed by atoms with Gasteiger partial charge in [-0.2, -0.15) is 5.10 Å². The summed E-state index contributed by atoms with van der Waals surface area (Å²) in [6.07, 6.45) is 3.77. The highest BCUT2D eigenvalue weighted by atomic mass is 16.5. The highest BCUT2D eigenvalue weighted by Crippen LogP contribution is 2.14. The van der Waals surface area contributed by atoms with Crippen molar-refractivity contribution in [3.63, 3.8) is 0 Å². The SMILES string of the molecule is COCCNCc1c(C)nn(Cc2nccn2C)c1C. The molecule has 0 aromatic carbocycles. The summed E-state index contributed by atoms with van der Waals surface area (Å²) in [7, 11) is 3.71. The lowest BCUT2D eigenvalue weighted by atomic mass is 10.2. The van der Waals surface area contributed by atoms with Crippen molar-refractivity contribution in [1.29, 1.82) is 0 Å². The van der Waals surface area contributed by atoms with E-state index in [-0.39, 0.29) is 0 Å². The molecule has 0 radical (unpaired) electrons. The molecule has 6 heteroatoms. The lowest BCUT2D eigenvalue weighted by molar-refractivity contribution is 0.199. The topological polar surface area (TPSA) is 56.9 Å². The van der Waals surface area contributed by atoms with Crippen LogP contribution in [0.3, 0.4) is 0 Å². The Balaban J connectivity index is 2.06. The molecular weight excluding hydrogens is 254 g/mol. The molecule has 2 heterocycles. The van der Waals surface area contributed by atoms with Gasteiger partial charge >= 0.3 is 0 Å². The molecule has 0 fully saturated rings. The Hall–Kier alpha value is -1.66. The molecule has 2 aromatic heterocycles. The smallest absolute Gasteiger partial charge is 0.130 e. The Morgan fingerprint density at radius 1 is 1.35 bits per heavy atom. The van der Waals surface area contributed by atoms with Crippen molar-refractivity contribution < 1.29 is 4.74 Å². The van der Waals surface area contributed by atoms with E-state index in [2.05, 4.69) is 29.2 Å². The fourth-order valence-corrected chi connectivity index (χ4v) is 2.21. The number of ether oxygens (including phenoxy) is 1. The number of rotatable bonds is 7. The van der Waals surface area contributed by atoms with Crippen molar-refractivity contribution in [2.24, 2.45) is 7.05 Å². The van der Waals surface area contributed by atoms with E-state index in [1.807, 2.05) is 28.7 Å². The number of imidazole rings is 1. The van der Waals surface area contributed by atoms with Crippen LogP contribution in [0.25, 0.3) is 0 Å². The maximum atomic E-state index is 5.03. The maximum Gasteiger partial charge on any atom is 0.130 e. The van der Waals surface area contributed by atoms with Gasteiger partial charge in [-0.1, -0.05) is 0 Å². The van der Waals surface area contributed by atoms with Crippen molar-refractivity contribution in [3.8, 4) is 0 Å². The quantitative estimate of drug-likeness (QED) is 0.768. The van der Waals surface area contributed by atoms with Crippen LogP contribution in [0.4, 0.5) is 0 Å². The number of hydrogen-bond acceptors (Lipinski definition) is 4. The van der Waals surface area contributed by atoms with Crippen LogP contribution < -0.4 is 5.32 Å². The second kappa shape index (κ2) is 6.67. The lowest BCUT2D eigenvalue weighted by Gasteiger charge is -2.07. The molecule has 6 nitrogen and oxygen atoms in total. The van der Waals surface area contributed by atoms with Gasteiger partial charge in [0.1, 0.15) is 5.82 Å². The average molecular weight is 277 g/mol. The number of aryl methyl sites for hydroxylation is 2. The third-order valence-electron chi connectivity index (χ3n) is 3.53. The van der Waals surface area contributed by atoms with Gasteiger partial charge < -0.3 is 14.6 Å². The van der Waals surface area contributed by atoms with E-state index in [4.69, 9.17) is 4.74 Å². The van der Waals surface area contributed by atoms with Crippen LogP contribution in [-0.4, -0.2) is 39.6 Å². The van der Waals surface area contributed by atoms with Crippen molar-refractivity contribution in [3.05, 3.63) is 35.2 Å². The Labute approximate surface area is 119 Å².